The van der Waals surface area contributed by atoms with Gasteiger partial charge in [0, 0.05) is 11.8 Å². The molecule has 0 saturated heterocycles. The summed E-state index contributed by atoms with van der Waals surface area (Å²) >= 11 is 0. The maximum Gasteiger partial charge on any atom is 0.0446 e. The first-order valence-electron chi connectivity index (χ1n) is 3.42. The Bertz CT molecular complexity index is 153. The minimum Gasteiger partial charge on any atom is -0.876 e. The molecular weight excluding hydrogens is 126 g/mol. The van der Waals surface area contributed by atoms with Crippen molar-refractivity contribution in [3.8, 4) is 0 Å². The van der Waals surface area contributed by atoms with E-state index < -0.39 is 0 Å². The summed E-state index contributed by atoms with van der Waals surface area (Å²) in [6.07, 6.45) is 1.54. The number of aliphatic imine (C=N–C) groups is 1. The van der Waals surface area contributed by atoms with E-state index in [0.717, 1.165) is 5.71 Å². The highest BCUT2D eigenvalue weighted by atomic mass is 16.3. The normalized spacial score (nSPS) is 14.5. The van der Waals surface area contributed by atoms with E-state index in [0.29, 0.717) is 0 Å². The van der Waals surface area contributed by atoms with Crippen LogP contribution in [0.3, 0.4) is 0 Å². The lowest BCUT2D eigenvalue weighted by Crippen LogP contribution is -2.02. The zero-order valence-electron chi connectivity index (χ0n) is 7.01. The highest BCUT2D eigenvalue weighted by Gasteiger charge is 1.86. The molecule has 2 nitrogen and oxygen atoms in total. The molecule has 0 aromatic carbocycles. The number of nitrogens with zero attached hydrogens (tertiary/aromatic N) is 1. The predicted molar refractivity (Wildman–Crippen MR) is 42.0 cm³/mol. The molecule has 2 heteroatoms. The Balaban J connectivity index is 4.08. The van der Waals surface area contributed by atoms with Crippen LogP contribution in [-0.4, -0.2) is 11.8 Å². The third kappa shape index (κ3) is 5.35. The Kier molecular flexibility index (Phi) is 3.77. The van der Waals surface area contributed by atoms with E-state index in [4.69, 9.17) is 0 Å². The molecule has 0 rings (SSSR count). The van der Waals surface area contributed by atoms with Gasteiger partial charge in [0.2, 0.25) is 0 Å². The van der Waals surface area contributed by atoms with E-state index in [-0.39, 0.29) is 11.8 Å². The Morgan fingerprint density at radius 2 is 1.90 bits per heavy atom. The van der Waals surface area contributed by atoms with Gasteiger partial charge in [-0.05, 0) is 20.8 Å². The van der Waals surface area contributed by atoms with E-state index in [2.05, 4.69) is 4.99 Å². The van der Waals surface area contributed by atoms with Crippen molar-refractivity contribution in [2.45, 2.75) is 33.7 Å². The van der Waals surface area contributed by atoms with Crippen LogP contribution in [0.4, 0.5) is 0 Å². The number of hydrogen-bond donors (Lipinski definition) is 0. The molecule has 0 aliphatic rings. The second kappa shape index (κ2) is 4.09. The fourth-order valence-electron chi connectivity index (χ4n) is 0.739. The van der Waals surface area contributed by atoms with Crippen LogP contribution in [0.1, 0.15) is 27.7 Å². The molecule has 0 aromatic rings. The lowest BCUT2D eigenvalue weighted by molar-refractivity contribution is -0.301. The summed E-state index contributed by atoms with van der Waals surface area (Å²) in [4.78, 5) is 4.16. The molecule has 0 bridgehead atoms. The molecule has 0 aliphatic heterocycles. The van der Waals surface area contributed by atoms with Crippen molar-refractivity contribution in [1.82, 2.24) is 0 Å². The maximum atomic E-state index is 10.5. The summed E-state index contributed by atoms with van der Waals surface area (Å²) in [7, 11) is 0. The highest BCUT2D eigenvalue weighted by Crippen LogP contribution is 1.90. The first-order chi connectivity index (χ1) is 4.52. The van der Waals surface area contributed by atoms with Gasteiger partial charge < -0.3 is 5.11 Å². The average Bonchev–Trinajstić information content (AvgIpc) is 1.58. The Labute approximate surface area is 62.3 Å². The summed E-state index contributed by atoms with van der Waals surface area (Å²) in [5.41, 5.74) is 0.808. The Hall–Kier alpha value is -0.790. The van der Waals surface area contributed by atoms with Gasteiger partial charge in [0.15, 0.2) is 0 Å². The molecule has 0 saturated carbocycles. The average molecular weight is 140 g/mol. The van der Waals surface area contributed by atoms with Crippen molar-refractivity contribution in [1.29, 1.82) is 0 Å². The quantitative estimate of drug-likeness (QED) is 0.418. The van der Waals surface area contributed by atoms with Crippen LogP contribution in [0.2, 0.25) is 0 Å². The molecule has 0 aliphatic carbocycles. The molecule has 0 aromatic heterocycles. The highest BCUT2D eigenvalue weighted by molar-refractivity contribution is 5.93. The summed E-state index contributed by atoms with van der Waals surface area (Å²) < 4.78 is 0. The Morgan fingerprint density at radius 1 is 1.40 bits per heavy atom. The van der Waals surface area contributed by atoms with Crippen molar-refractivity contribution in [3.05, 3.63) is 11.8 Å². The lowest BCUT2D eigenvalue weighted by atomic mass is 10.3. The maximum absolute atomic E-state index is 10.5. The van der Waals surface area contributed by atoms with Crippen LogP contribution in [0.25, 0.3) is 0 Å². The molecule has 0 unspecified atom stereocenters. The number of rotatable bonds is 2. The lowest BCUT2D eigenvalue weighted by Gasteiger charge is -2.03. The second-order valence-electron chi connectivity index (χ2n) is 2.62. The summed E-state index contributed by atoms with van der Waals surface area (Å²) in [6.45, 7) is 7.33. The molecule has 0 spiro atoms. The van der Waals surface area contributed by atoms with Gasteiger partial charge in [-0.2, -0.15) is 0 Å². The van der Waals surface area contributed by atoms with Crippen LogP contribution in [0.15, 0.2) is 16.8 Å². The Morgan fingerprint density at radius 3 is 2.20 bits per heavy atom. The summed E-state index contributed by atoms with van der Waals surface area (Å²) in [5, 5.41) is 10.5. The minimum absolute atomic E-state index is 0.0573. The fourth-order valence-corrected chi connectivity index (χ4v) is 0.739. The molecule has 58 valence electrons. The third-order valence-corrected chi connectivity index (χ3v) is 0.874. The molecule has 0 heterocycles. The van der Waals surface area contributed by atoms with E-state index >= 15 is 0 Å². The standard InChI is InChI=1S/C8H15NO/c1-6(2)9-7(3)5-8(4)10/h5-6,10H,1-4H3/p-1/b8-5-,9-7?. The van der Waals surface area contributed by atoms with Gasteiger partial charge in [-0.1, -0.05) is 13.0 Å². The van der Waals surface area contributed by atoms with Gasteiger partial charge in [0.1, 0.15) is 0 Å². The smallest absolute Gasteiger partial charge is 0.0446 e. The van der Waals surface area contributed by atoms with Crippen LogP contribution >= 0.6 is 0 Å². The summed E-state index contributed by atoms with van der Waals surface area (Å²) in [5.74, 6) is 0.0573. The zero-order chi connectivity index (χ0) is 8.15. The molecule has 0 N–H and O–H groups in total. The van der Waals surface area contributed by atoms with Crippen molar-refractivity contribution in [3.63, 3.8) is 0 Å². The monoisotopic (exact) mass is 140 g/mol. The number of hydrogen-bond acceptors (Lipinski definition) is 2. The minimum atomic E-state index is 0.0573. The van der Waals surface area contributed by atoms with E-state index in [1.807, 2.05) is 20.8 Å². The molecule has 0 amide bonds. The molecule has 0 fully saturated rings. The fraction of sp³-hybridized carbons (Fsp3) is 0.625. The second-order valence-corrected chi connectivity index (χ2v) is 2.62. The van der Waals surface area contributed by atoms with E-state index in [1.165, 1.54) is 6.92 Å². The van der Waals surface area contributed by atoms with E-state index in [1.54, 1.807) is 6.08 Å². The van der Waals surface area contributed by atoms with Crippen molar-refractivity contribution >= 4 is 5.71 Å². The van der Waals surface area contributed by atoms with Gasteiger partial charge in [-0.15, -0.1) is 5.76 Å². The number of allylic oxidation sites excluding steroid dienone is 2. The topological polar surface area (TPSA) is 35.4 Å². The van der Waals surface area contributed by atoms with Crippen molar-refractivity contribution in [2.24, 2.45) is 4.99 Å². The first kappa shape index (κ1) is 9.21. The van der Waals surface area contributed by atoms with Gasteiger partial charge in [-0.3, -0.25) is 4.99 Å². The largest absolute Gasteiger partial charge is 0.876 e. The van der Waals surface area contributed by atoms with Gasteiger partial charge >= 0.3 is 0 Å². The van der Waals surface area contributed by atoms with Crippen molar-refractivity contribution < 1.29 is 5.11 Å². The van der Waals surface area contributed by atoms with Crippen LogP contribution in [-0.2, 0) is 0 Å². The van der Waals surface area contributed by atoms with Crippen LogP contribution in [0.5, 0.6) is 0 Å². The van der Waals surface area contributed by atoms with Crippen LogP contribution < -0.4 is 5.11 Å². The van der Waals surface area contributed by atoms with Gasteiger partial charge in [0.05, 0.1) is 0 Å². The molecule has 0 atom stereocenters. The van der Waals surface area contributed by atoms with Gasteiger partial charge in [-0.25, -0.2) is 0 Å². The van der Waals surface area contributed by atoms with E-state index in [9.17, 15) is 5.11 Å². The molecule has 0 radical (unpaired) electrons. The third-order valence-electron chi connectivity index (χ3n) is 0.874. The SMILES string of the molecule is CC(/C=C(/C)[O-])=NC(C)C. The zero-order valence-corrected chi connectivity index (χ0v) is 7.01. The predicted octanol–water partition coefficient (Wildman–Crippen LogP) is 1.12. The molecule has 10 heavy (non-hydrogen) atoms. The molecular formula is C8H14NO-. The summed E-state index contributed by atoms with van der Waals surface area (Å²) in [6, 6.07) is 0.274. The van der Waals surface area contributed by atoms with Gasteiger partial charge in [0.25, 0.3) is 0 Å². The van der Waals surface area contributed by atoms with Crippen LogP contribution in [0, 0.1) is 0 Å². The van der Waals surface area contributed by atoms with Crippen molar-refractivity contribution in [2.75, 3.05) is 0 Å². The first-order valence-corrected chi connectivity index (χ1v) is 3.42.